The molecule has 3 atom stereocenters. The molecule has 0 aromatic heterocycles. The van der Waals surface area contributed by atoms with Crippen LogP contribution < -0.4 is 5.32 Å². The monoisotopic (exact) mass is 423 g/mol. The van der Waals surface area contributed by atoms with Crippen LogP contribution in [0, 0.1) is 11.3 Å². The van der Waals surface area contributed by atoms with Crippen LogP contribution in [-0.4, -0.2) is 55.2 Å². The summed E-state index contributed by atoms with van der Waals surface area (Å²) in [6, 6.07) is -0.684. The van der Waals surface area contributed by atoms with Crippen molar-refractivity contribution in [1.82, 2.24) is 5.32 Å². The number of hydrogen-bond donors (Lipinski definition) is 2. The van der Waals surface area contributed by atoms with E-state index in [1.807, 2.05) is 13.8 Å². The molecule has 10 nitrogen and oxygen atoms in total. The Morgan fingerprint density at radius 2 is 1.82 bits per heavy atom. The van der Waals surface area contributed by atoms with Crippen molar-refractivity contribution in [2.45, 2.75) is 72.3 Å². The first-order valence-corrected chi connectivity index (χ1v) is 10.6. The molecule has 0 aliphatic carbocycles. The van der Waals surface area contributed by atoms with Gasteiger partial charge in [0.1, 0.15) is 0 Å². The fourth-order valence-electron chi connectivity index (χ4n) is 3.00. The molecule has 1 aliphatic heterocycles. The van der Waals surface area contributed by atoms with Crippen molar-refractivity contribution >= 4 is 28.1 Å². The summed E-state index contributed by atoms with van der Waals surface area (Å²) in [4.78, 5) is 35.9. The Morgan fingerprint density at radius 1 is 1.21 bits per heavy atom. The lowest BCUT2D eigenvalue weighted by Crippen LogP contribution is -2.46. The van der Waals surface area contributed by atoms with E-state index in [0.29, 0.717) is 6.42 Å². The van der Waals surface area contributed by atoms with Crippen LogP contribution in [0.15, 0.2) is 0 Å². The molecule has 1 rings (SSSR count). The van der Waals surface area contributed by atoms with Crippen molar-refractivity contribution in [1.29, 1.82) is 0 Å². The van der Waals surface area contributed by atoms with Crippen LogP contribution in [0.1, 0.15) is 53.9 Å². The molecular weight excluding hydrogens is 394 g/mol. The second-order valence-corrected chi connectivity index (χ2v) is 9.60. The number of cyclic esters (lactones) is 3. The van der Waals surface area contributed by atoms with Crippen LogP contribution in [0.3, 0.4) is 0 Å². The summed E-state index contributed by atoms with van der Waals surface area (Å²) in [5.74, 6) is -1.64. The highest BCUT2D eigenvalue weighted by Gasteiger charge is 2.45. The molecule has 0 saturated carbocycles. The third-order valence-corrected chi connectivity index (χ3v) is 4.93. The van der Waals surface area contributed by atoms with Gasteiger partial charge in [-0.3, -0.25) is 9.35 Å². The first-order chi connectivity index (χ1) is 12.7. The quantitative estimate of drug-likeness (QED) is 0.417. The van der Waals surface area contributed by atoms with E-state index in [0.717, 1.165) is 0 Å². The van der Waals surface area contributed by atoms with Gasteiger partial charge in [0.05, 0.1) is 5.75 Å². The van der Waals surface area contributed by atoms with Crippen molar-refractivity contribution in [3.8, 4) is 0 Å². The Hall–Kier alpha value is -1.88. The average Bonchev–Trinajstić information content (AvgIpc) is 2.61. The van der Waals surface area contributed by atoms with Crippen molar-refractivity contribution in [2.75, 3.05) is 5.75 Å². The normalized spacial score (nSPS) is 22.0. The molecule has 1 heterocycles. The van der Waals surface area contributed by atoms with Gasteiger partial charge in [-0.1, -0.05) is 27.7 Å². The van der Waals surface area contributed by atoms with Crippen LogP contribution in [0.2, 0.25) is 0 Å². The highest BCUT2D eigenvalue weighted by Crippen LogP contribution is 2.33. The molecule has 11 heteroatoms. The minimum atomic E-state index is -4.23. The van der Waals surface area contributed by atoms with Gasteiger partial charge in [-0.2, -0.15) is 8.42 Å². The Morgan fingerprint density at radius 3 is 2.32 bits per heavy atom. The minimum Gasteiger partial charge on any atom is -0.422 e. The van der Waals surface area contributed by atoms with Gasteiger partial charge >= 0.3 is 12.1 Å². The second kappa shape index (κ2) is 9.55. The minimum absolute atomic E-state index is 0.0793. The molecule has 2 unspecified atom stereocenters. The zero-order chi connectivity index (χ0) is 21.7. The van der Waals surface area contributed by atoms with Gasteiger partial charge in [0.25, 0.3) is 16.4 Å². The van der Waals surface area contributed by atoms with Crippen LogP contribution in [0.25, 0.3) is 0 Å². The predicted octanol–water partition coefficient (Wildman–Crippen LogP) is 1.64. The standard InChI is InChI=1S/C17H29NO9S/c1-10(2)8-13-25-15(20)14(27-16(21)26-13)17(4,5)9-12(18-11(3)19)6-7-28(22,23)24/h10,12-14H,6-9H2,1-5H3,(H,18,19)(H,22,23,24)/t12?,13?,14-/m0/s1. The van der Waals surface area contributed by atoms with E-state index in [9.17, 15) is 22.8 Å². The van der Waals surface area contributed by atoms with E-state index in [-0.39, 0.29) is 18.8 Å². The fourth-order valence-corrected chi connectivity index (χ4v) is 3.58. The van der Waals surface area contributed by atoms with E-state index >= 15 is 0 Å². The van der Waals surface area contributed by atoms with Crippen LogP contribution in [-0.2, 0) is 33.9 Å². The summed E-state index contributed by atoms with van der Waals surface area (Å²) >= 11 is 0. The number of rotatable bonds is 9. The zero-order valence-corrected chi connectivity index (χ0v) is 17.6. The Bertz CT molecular complexity index is 687. The van der Waals surface area contributed by atoms with E-state index in [1.54, 1.807) is 13.8 Å². The summed E-state index contributed by atoms with van der Waals surface area (Å²) in [5.41, 5.74) is -1.02. The SMILES string of the molecule is CC(=O)NC(CCS(=O)(=O)O)CC(C)(C)[C@H]1OC(=O)OC(CC(C)C)OC1=O. The van der Waals surface area contributed by atoms with Gasteiger partial charge in [0, 0.05) is 24.8 Å². The number of ether oxygens (including phenoxy) is 3. The van der Waals surface area contributed by atoms with Crippen molar-refractivity contribution < 1.29 is 41.6 Å². The molecular formula is C17H29NO9S. The zero-order valence-electron chi connectivity index (χ0n) is 16.8. The first kappa shape index (κ1) is 24.2. The number of amides is 1. The molecule has 1 amide bonds. The molecule has 0 spiro atoms. The second-order valence-electron chi connectivity index (χ2n) is 8.03. The van der Waals surface area contributed by atoms with E-state index in [1.165, 1.54) is 6.92 Å². The summed E-state index contributed by atoms with van der Waals surface area (Å²) < 4.78 is 46.4. The van der Waals surface area contributed by atoms with Crippen molar-refractivity contribution in [3.63, 3.8) is 0 Å². The molecule has 1 aliphatic rings. The number of carbonyl (C=O) groups is 3. The lowest BCUT2D eigenvalue weighted by molar-refractivity contribution is -0.171. The van der Waals surface area contributed by atoms with Crippen LogP contribution in [0.4, 0.5) is 4.79 Å². The largest absolute Gasteiger partial charge is 0.512 e. The Kier molecular flexibility index (Phi) is 8.24. The molecule has 1 saturated heterocycles. The number of nitrogens with one attached hydrogen (secondary N) is 1. The highest BCUT2D eigenvalue weighted by atomic mass is 32.2. The maximum atomic E-state index is 12.5. The number of carbonyl (C=O) groups excluding carboxylic acids is 3. The molecule has 0 radical (unpaired) electrons. The molecule has 162 valence electrons. The van der Waals surface area contributed by atoms with Gasteiger partial charge in [-0.05, 0) is 18.8 Å². The van der Waals surface area contributed by atoms with E-state index < -0.39 is 57.8 Å². The van der Waals surface area contributed by atoms with Gasteiger partial charge < -0.3 is 19.5 Å². The molecule has 2 N–H and O–H groups in total. The Labute approximate surface area is 165 Å². The third-order valence-electron chi connectivity index (χ3n) is 4.18. The summed E-state index contributed by atoms with van der Waals surface area (Å²) in [6.45, 7) is 8.26. The van der Waals surface area contributed by atoms with Crippen LogP contribution >= 0.6 is 0 Å². The summed E-state index contributed by atoms with van der Waals surface area (Å²) in [6.07, 6.45) is -3.07. The topological polar surface area (TPSA) is 145 Å². The van der Waals surface area contributed by atoms with E-state index in [4.69, 9.17) is 18.8 Å². The predicted molar refractivity (Wildman–Crippen MR) is 97.7 cm³/mol. The lowest BCUT2D eigenvalue weighted by Gasteiger charge is -2.33. The van der Waals surface area contributed by atoms with Gasteiger partial charge in [0.2, 0.25) is 12.0 Å². The Balaban J connectivity index is 2.95. The van der Waals surface area contributed by atoms with Gasteiger partial charge in [-0.15, -0.1) is 0 Å². The maximum absolute atomic E-state index is 12.5. The average molecular weight is 423 g/mol. The number of hydrogen-bond acceptors (Lipinski definition) is 8. The molecule has 0 bridgehead atoms. The van der Waals surface area contributed by atoms with Gasteiger partial charge in [0.15, 0.2) is 0 Å². The van der Waals surface area contributed by atoms with Gasteiger partial charge in [-0.25, -0.2) is 9.59 Å². The summed E-state index contributed by atoms with van der Waals surface area (Å²) in [5, 5.41) is 2.59. The summed E-state index contributed by atoms with van der Waals surface area (Å²) in [7, 11) is -4.23. The third kappa shape index (κ3) is 8.42. The number of esters is 1. The van der Waals surface area contributed by atoms with Crippen molar-refractivity contribution in [2.24, 2.45) is 11.3 Å². The molecule has 28 heavy (non-hydrogen) atoms. The van der Waals surface area contributed by atoms with Crippen LogP contribution in [0.5, 0.6) is 0 Å². The lowest BCUT2D eigenvalue weighted by atomic mass is 9.79. The molecule has 0 aromatic rings. The van der Waals surface area contributed by atoms with E-state index in [2.05, 4.69) is 5.32 Å². The van der Waals surface area contributed by atoms with Crippen molar-refractivity contribution in [3.05, 3.63) is 0 Å². The fraction of sp³-hybridized carbons (Fsp3) is 0.824. The molecule has 1 fully saturated rings. The first-order valence-electron chi connectivity index (χ1n) is 8.99. The highest BCUT2D eigenvalue weighted by molar-refractivity contribution is 7.85. The molecule has 0 aromatic carbocycles. The smallest absolute Gasteiger partial charge is 0.422 e. The maximum Gasteiger partial charge on any atom is 0.512 e.